The summed E-state index contributed by atoms with van der Waals surface area (Å²) in [6.07, 6.45) is 2.58. The summed E-state index contributed by atoms with van der Waals surface area (Å²) in [5.41, 5.74) is 1.27. The van der Waals surface area contributed by atoms with Crippen LogP contribution in [0.5, 0.6) is 0 Å². The lowest BCUT2D eigenvalue weighted by atomic mass is 10.1. The number of thiophene rings is 1. The van der Waals surface area contributed by atoms with Gasteiger partial charge in [0.2, 0.25) is 5.91 Å². The van der Waals surface area contributed by atoms with Gasteiger partial charge < -0.3 is 10.2 Å². The molecule has 2 rings (SSSR count). The van der Waals surface area contributed by atoms with Crippen LogP contribution in [-0.4, -0.2) is 37.0 Å². The number of hydrogen-bond donors (Lipinski definition) is 1. The van der Waals surface area contributed by atoms with Crippen LogP contribution in [0.25, 0.3) is 0 Å². The van der Waals surface area contributed by atoms with Gasteiger partial charge in [0.1, 0.15) is 0 Å². The predicted octanol–water partition coefficient (Wildman–Crippen LogP) is 1.92. The van der Waals surface area contributed by atoms with E-state index in [4.69, 9.17) is 0 Å². The molecule has 1 fully saturated rings. The summed E-state index contributed by atoms with van der Waals surface area (Å²) in [5.74, 6) is 0.264. The van der Waals surface area contributed by atoms with E-state index in [0.29, 0.717) is 12.5 Å². The van der Waals surface area contributed by atoms with Gasteiger partial charge in [-0.25, -0.2) is 0 Å². The molecule has 0 bridgehead atoms. The highest BCUT2D eigenvalue weighted by Gasteiger charge is 2.22. The summed E-state index contributed by atoms with van der Waals surface area (Å²) in [6.45, 7) is 1.98. The van der Waals surface area contributed by atoms with Gasteiger partial charge in [-0.05, 0) is 41.8 Å². The molecule has 1 aliphatic heterocycles. The van der Waals surface area contributed by atoms with Crippen LogP contribution in [-0.2, 0) is 11.2 Å². The zero-order chi connectivity index (χ0) is 11.4. The lowest BCUT2D eigenvalue weighted by Crippen LogP contribution is -2.38. The Morgan fingerprint density at radius 2 is 2.47 bits per heavy atom. The van der Waals surface area contributed by atoms with Crippen molar-refractivity contribution in [3.05, 3.63) is 22.4 Å². The SMILES string of the molecule is CN(C(=O)CCc1ccsc1)C1CCNC1.Cl. The number of likely N-dealkylation sites (N-methyl/N-ethyl adjacent to an activating group) is 1. The molecule has 5 heteroatoms. The third kappa shape index (κ3) is 3.98. The Hall–Kier alpha value is -0.580. The molecule has 96 valence electrons. The minimum absolute atomic E-state index is 0. The Morgan fingerprint density at radius 1 is 1.65 bits per heavy atom. The maximum absolute atomic E-state index is 11.9. The van der Waals surface area contributed by atoms with Crippen LogP contribution in [0.3, 0.4) is 0 Å². The summed E-state index contributed by atoms with van der Waals surface area (Å²) in [4.78, 5) is 13.8. The first-order valence-corrected chi connectivity index (χ1v) is 6.69. The number of carbonyl (C=O) groups is 1. The molecule has 1 N–H and O–H groups in total. The average Bonchev–Trinajstić information content (AvgIpc) is 2.96. The third-order valence-corrected chi connectivity index (χ3v) is 3.92. The van der Waals surface area contributed by atoms with Crippen molar-refractivity contribution in [3.63, 3.8) is 0 Å². The maximum Gasteiger partial charge on any atom is 0.222 e. The van der Waals surface area contributed by atoms with E-state index in [-0.39, 0.29) is 18.3 Å². The smallest absolute Gasteiger partial charge is 0.222 e. The Bertz CT molecular complexity index is 336. The first kappa shape index (κ1) is 14.5. The Balaban J connectivity index is 0.00000144. The molecule has 3 nitrogen and oxygen atoms in total. The lowest BCUT2D eigenvalue weighted by molar-refractivity contribution is -0.131. The quantitative estimate of drug-likeness (QED) is 0.910. The van der Waals surface area contributed by atoms with Crippen molar-refractivity contribution in [2.24, 2.45) is 0 Å². The average molecular weight is 275 g/mol. The first-order chi connectivity index (χ1) is 7.77. The second-order valence-electron chi connectivity index (χ2n) is 4.28. The van der Waals surface area contributed by atoms with Crippen LogP contribution in [0.15, 0.2) is 16.8 Å². The van der Waals surface area contributed by atoms with Gasteiger partial charge in [-0.2, -0.15) is 11.3 Å². The summed E-state index contributed by atoms with van der Waals surface area (Å²) < 4.78 is 0. The van der Waals surface area contributed by atoms with Gasteiger partial charge in [0.05, 0.1) is 0 Å². The van der Waals surface area contributed by atoms with E-state index in [9.17, 15) is 4.79 Å². The van der Waals surface area contributed by atoms with Gasteiger partial charge in [0.15, 0.2) is 0 Å². The molecule has 1 saturated heterocycles. The molecule has 1 aliphatic rings. The highest BCUT2D eigenvalue weighted by atomic mass is 35.5. The highest BCUT2D eigenvalue weighted by molar-refractivity contribution is 7.07. The van der Waals surface area contributed by atoms with E-state index < -0.39 is 0 Å². The highest BCUT2D eigenvalue weighted by Crippen LogP contribution is 2.12. The molecule has 1 atom stereocenters. The third-order valence-electron chi connectivity index (χ3n) is 3.18. The Labute approximate surface area is 113 Å². The second-order valence-corrected chi connectivity index (χ2v) is 5.06. The van der Waals surface area contributed by atoms with Crippen LogP contribution in [0, 0.1) is 0 Å². The zero-order valence-electron chi connectivity index (χ0n) is 10.0. The van der Waals surface area contributed by atoms with Crippen LogP contribution in [0.4, 0.5) is 0 Å². The van der Waals surface area contributed by atoms with Gasteiger partial charge in [-0.3, -0.25) is 4.79 Å². The standard InChI is InChI=1S/C12H18N2OS.ClH/c1-14(11-4-6-13-8-11)12(15)3-2-10-5-7-16-9-10;/h5,7,9,11,13H,2-4,6,8H2,1H3;1H. The van der Waals surface area contributed by atoms with E-state index >= 15 is 0 Å². The minimum atomic E-state index is 0. The fourth-order valence-corrected chi connectivity index (χ4v) is 2.74. The summed E-state index contributed by atoms with van der Waals surface area (Å²) >= 11 is 1.69. The van der Waals surface area contributed by atoms with E-state index in [1.165, 1.54) is 5.56 Å². The molecule has 1 aromatic rings. The molecular formula is C12H19ClN2OS. The normalized spacial score (nSPS) is 18.8. The van der Waals surface area contributed by atoms with Crippen LogP contribution >= 0.6 is 23.7 Å². The molecule has 1 amide bonds. The minimum Gasteiger partial charge on any atom is -0.341 e. The zero-order valence-corrected chi connectivity index (χ0v) is 11.6. The van der Waals surface area contributed by atoms with Crippen molar-refractivity contribution in [3.8, 4) is 0 Å². The van der Waals surface area contributed by atoms with Gasteiger partial charge in [0, 0.05) is 26.1 Å². The first-order valence-electron chi connectivity index (χ1n) is 5.75. The van der Waals surface area contributed by atoms with Crippen LogP contribution in [0.2, 0.25) is 0 Å². The van der Waals surface area contributed by atoms with Crippen LogP contribution in [0.1, 0.15) is 18.4 Å². The van der Waals surface area contributed by atoms with Gasteiger partial charge in [0.25, 0.3) is 0 Å². The molecule has 2 heterocycles. The van der Waals surface area contributed by atoms with Crippen molar-refractivity contribution in [1.82, 2.24) is 10.2 Å². The van der Waals surface area contributed by atoms with Gasteiger partial charge in [-0.15, -0.1) is 12.4 Å². The van der Waals surface area contributed by atoms with E-state index in [2.05, 4.69) is 22.1 Å². The number of nitrogens with one attached hydrogen (secondary N) is 1. The molecule has 17 heavy (non-hydrogen) atoms. The van der Waals surface area contributed by atoms with Gasteiger partial charge in [-0.1, -0.05) is 0 Å². The van der Waals surface area contributed by atoms with Crippen molar-refractivity contribution in [2.75, 3.05) is 20.1 Å². The number of aryl methyl sites for hydroxylation is 1. The number of amides is 1. The van der Waals surface area contributed by atoms with Crippen molar-refractivity contribution in [2.45, 2.75) is 25.3 Å². The summed E-state index contributed by atoms with van der Waals surface area (Å²) in [6, 6.07) is 2.49. The maximum atomic E-state index is 11.9. The topological polar surface area (TPSA) is 32.3 Å². The molecule has 0 spiro atoms. The molecule has 0 aromatic carbocycles. The molecule has 1 unspecified atom stereocenters. The van der Waals surface area contributed by atoms with Crippen molar-refractivity contribution in [1.29, 1.82) is 0 Å². The fraction of sp³-hybridized carbons (Fsp3) is 0.583. The second kappa shape index (κ2) is 6.99. The number of halogens is 1. The number of hydrogen-bond acceptors (Lipinski definition) is 3. The van der Waals surface area contributed by atoms with Crippen molar-refractivity contribution >= 4 is 29.7 Å². The molecule has 1 aromatic heterocycles. The molecular weight excluding hydrogens is 256 g/mol. The van der Waals surface area contributed by atoms with Gasteiger partial charge >= 0.3 is 0 Å². The Morgan fingerprint density at radius 3 is 3.06 bits per heavy atom. The summed E-state index contributed by atoms with van der Waals surface area (Å²) in [5, 5.41) is 7.46. The van der Waals surface area contributed by atoms with E-state index in [1.807, 2.05) is 11.9 Å². The fourth-order valence-electron chi connectivity index (χ4n) is 2.04. The predicted molar refractivity (Wildman–Crippen MR) is 73.9 cm³/mol. The van der Waals surface area contributed by atoms with E-state index in [1.54, 1.807) is 11.3 Å². The largest absolute Gasteiger partial charge is 0.341 e. The molecule has 0 aliphatic carbocycles. The molecule has 0 radical (unpaired) electrons. The number of carbonyl (C=O) groups excluding carboxylic acids is 1. The number of nitrogens with zero attached hydrogens (tertiary/aromatic N) is 1. The molecule has 0 saturated carbocycles. The summed E-state index contributed by atoms with van der Waals surface area (Å²) in [7, 11) is 1.92. The van der Waals surface area contributed by atoms with Crippen molar-refractivity contribution < 1.29 is 4.79 Å². The lowest BCUT2D eigenvalue weighted by Gasteiger charge is -2.23. The Kier molecular flexibility index (Phi) is 5.95. The monoisotopic (exact) mass is 274 g/mol. The van der Waals surface area contributed by atoms with E-state index in [0.717, 1.165) is 25.9 Å². The number of rotatable bonds is 4. The van der Waals surface area contributed by atoms with Crippen LogP contribution < -0.4 is 5.32 Å².